The van der Waals surface area contributed by atoms with Crippen molar-refractivity contribution in [2.45, 2.75) is 20.4 Å². The molecular weight excluding hydrogens is 266 g/mol. The number of rotatable bonds is 4. The van der Waals surface area contributed by atoms with Crippen molar-refractivity contribution in [2.75, 3.05) is 5.32 Å². The lowest BCUT2D eigenvalue weighted by Gasteiger charge is -2.10. The Hall–Kier alpha value is -2.07. The molecule has 2 aromatic heterocycles. The number of anilines is 1. The molecule has 0 fully saturated rings. The molecule has 0 saturated heterocycles. The molecular formula is C16H17N3S. The summed E-state index contributed by atoms with van der Waals surface area (Å²) in [5, 5.41) is 6.32. The van der Waals surface area contributed by atoms with Crippen LogP contribution in [0.3, 0.4) is 0 Å². The maximum absolute atomic E-state index is 4.25. The number of para-hydroxylation sites is 1. The predicted octanol–water partition coefficient (Wildman–Crippen LogP) is 4.16. The lowest BCUT2D eigenvalue weighted by atomic mass is 10.2. The minimum atomic E-state index is 0.806. The third-order valence-electron chi connectivity index (χ3n) is 3.41. The highest BCUT2D eigenvalue weighted by atomic mass is 32.1. The molecule has 20 heavy (non-hydrogen) atoms. The normalized spacial score (nSPS) is 10.7. The number of thiazole rings is 1. The molecule has 1 aromatic carbocycles. The molecule has 0 aliphatic carbocycles. The molecule has 0 aliphatic rings. The summed E-state index contributed by atoms with van der Waals surface area (Å²) in [6.07, 6.45) is 1.82. The van der Waals surface area contributed by atoms with Gasteiger partial charge in [0.25, 0.3) is 0 Å². The Morgan fingerprint density at radius 1 is 1.20 bits per heavy atom. The van der Waals surface area contributed by atoms with Gasteiger partial charge in [-0.1, -0.05) is 18.2 Å². The van der Waals surface area contributed by atoms with Gasteiger partial charge in [0.1, 0.15) is 0 Å². The molecule has 4 heteroatoms. The number of benzene rings is 1. The van der Waals surface area contributed by atoms with Gasteiger partial charge in [-0.25, -0.2) is 4.98 Å². The lowest BCUT2D eigenvalue weighted by Crippen LogP contribution is -2.02. The van der Waals surface area contributed by atoms with Gasteiger partial charge in [0, 0.05) is 35.2 Å². The number of aryl methyl sites for hydroxylation is 1. The second-order valence-electron chi connectivity index (χ2n) is 4.76. The van der Waals surface area contributed by atoms with Gasteiger partial charge in [0.15, 0.2) is 5.13 Å². The SMILES string of the molecule is Cc1cc(CNc2nccs2)c(C)n1-c1ccccc1. The first-order valence-corrected chi connectivity index (χ1v) is 7.50. The van der Waals surface area contributed by atoms with Crippen molar-refractivity contribution in [2.24, 2.45) is 0 Å². The molecule has 102 valence electrons. The highest BCUT2D eigenvalue weighted by molar-refractivity contribution is 7.13. The summed E-state index contributed by atoms with van der Waals surface area (Å²) in [4.78, 5) is 4.25. The van der Waals surface area contributed by atoms with Crippen molar-refractivity contribution in [3.8, 4) is 5.69 Å². The maximum atomic E-state index is 4.25. The van der Waals surface area contributed by atoms with Crippen molar-refractivity contribution >= 4 is 16.5 Å². The third kappa shape index (κ3) is 2.47. The van der Waals surface area contributed by atoms with Gasteiger partial charge in [0.2, 0.25) is 0 Å². The summed E-state index contributed by atoms with van der Waals surface area (Å²) >= 11 is 1.63. The van der Waals surface area contributed by atoms with Crippen LogP contribution in [-0.2, 0) is 6.54 Å². The second kappa shape index (κ2) is 5.51. The Balaban J connectivity index is 1.87. The summed E-state index contributed by atoms with van der Waals surface area (Å²) in [5.74, 6) is 0. The van der Waals surface area contributed by atoms with Gasteiger partial charge < -0.3 is 9.88 Å². The predicted molar refractivity (Wildman–Crippen MR) is 84.7 cm³/mol. The van der Waals surface area contributed by atoms with E-state index < -0.39 is 0 Å². The fraction of sp³-hybridized carbons (Fsp3) is 0.188. The van der Waals surface area contributed by atoms with Crippen molar-refractivity contribution in [3.05, 3.63) is 64.9 Å². The summed E-state index contributed by atoms with van der Waals surface area (Å²) in [6, 6.07) is 12.7. The van der Waals surface area contributed by atoms with E-state index in [-0.39, 0.29) is 0 Å². The van der Waals surface area contributed by atoms with Gasteiger partial charge in [-0.15, -0.1) is 11.3 Å². The molecule has 0 atom stereocenters. The molecule has 3 nitrogen and oxygen atoms in total. The maximum Gasteiger partial charge on any atom is 0.182 e. The summed E-state index contributed by atoms with van der Waals surface area (Å²) in [5.41, 5.74) is 5.05. The Morgan fingerprint density at radius 3 is 2.70 bits per heavy atom. The standard InChI is InChI=1S/C16H17N3S/c1-12-10-14(11-18-16-17-8-9-20-16)13(2)19(12)15-6-4-3-5-7-15/h3-10H,11H2,1-2H3,(H,17,18). The Kier molecular flexibility index (Phi) is 3.56. The van der Waals surface area contributed by atoms with Gasteiger partial charge in [0.05, 0.1) is 0 Å². The first kappa shape index (κ1) is 12.9. The summed E-state index contributed by atoms with van der Waals surface area (Å²) in [6.45, 7) is 5.12. The van der Waals surface area contributed by atoms with Crippen LogP contribution >= 0.6 is 11.3 Å². The van der Waals surface area contributed by atoms with E-state index in [0.29, 0.717) is 0 Å². The largest absolute Gasteiger partial charge is 0.357 e. The molecule has 0 saturated carbocycles. The monoisotopic (exact) mass is 283 g/mol. The Morgan fingerprint density at radius 2 is 2.00 bits per heavy atom. The number of hydrogen-bond acceptors (Lipinski definition) is 3. The van der Waals surface area contributed by atoms with Crippen LogP contribution in [0.2, 0.25) is 0 Å². The zero-order valence-electron chi connectivity index (χ0n) is 11.6. The molecule has 0 spiro atoms. The van der Waals surface area contributed by atoms with Crippen LogP contribution in [0.15, 0.2) is 48.0 Å². The molecule has 3 rings (SSSR count). The molecule has 0 bridgehead atoms. The van der Waals surface area contributed by atoms with Crippen molar-refractivity contribution in [3.63, 3.8) is 0 Å². The molecule has 0 radical (unpaired) electrons. The van der Waals surface area contributed by atoms with Crippen LogP contribution < -0.4 is 5.32 Å². The van der Waals surface area contributed by atoms with Gasteiger partial charge in [-0.05, 0) is 37.6 Å². The number of aromatic nitrogens is 2. The zero-order chi connectivity index (χ0) is 13.9. The molecule has 2 heterocycles. The number of nitrogens with zero attached hydrogens (tertiary/aromatic N) is 2. The first-order chi connectivity index (χ1) is 9.75. The zero-order valence-corrected chi connectivity index (χ0v) is 12.4. The lowest BCUT2D eigenvalue weighted by molar-refractivity contribution is 0.951. The fourth-order valence-electron chi connectivity index (χ4n) is 2.46. The van der Waals surface area contributed by atoms with Gasteiger partial charge in [-0.2, -0.15) is 0 Å². The molecule has 0 amide bonds. The smallest absolute Gasteiger partial charge is 0.182 e. The minimum absolute atomic E-state index is 0.806. The van der Waals surface area contributed by atoms with E-state index in [2.05, 4.69) is 59.0 Å². The average molecular weight is 283 g/mol. The highest BCUT2D eigenvalue weighted by Gasteiger charge is 2.10. The number of hydrogen-bond donors (Lipinski definition) is 1. The highest BCUT2D eigenvalue weighted by Crippen LogP contribution is 2.22. The third-order valence-corrected chi connectivity index (χ3v) is 4.14. The summed E-state index contributed by atoms with van der Waals surface area (Å²) < 4.78 is 2.29. The van der Waals surface area contributed by atoms with E-state index in [1.165, 1.54) is 22.6 Å². The Labute approximate surface area is 122 Å². The van der Waals surface area contributed by atoms with E-state index in [4.69, 9.17) is 0 Å². The van der Waals surface area contributed by atoms with E-state index >= 15 is 0 Å². The van der Waals surface area contributed by atoms with E-state index in [1.807, 2.05) is 17.6 Å². The van der Waals surface area contributed by atoms with Crippen LogP contribution in [0.5, 0.6) is 0 Å². The number of nitrogens with one attached hydrogen (secondary N) is 1. The molecule has 3 aromatic rings. The molecule has 1 N–H and O–H groups in total. The minimum Gasteiger partial charge on any atom is -0.357 e. The van der Waals surface area contributed by atoms with Gasteiger partial charge in [-0.3, -0.25) is 0 Å². The fourth-order valence-corrected chi connectivity index (χ4v) is 2.99. The second-order valence-corrected chi connectivity index (χ2v) is 5.65. The Bertz CT molecular complexity index is 684. The van der Waals surface area contributed by atoms with E-state index in [9.17, 15) is 0 Å². The molecule has 0 unspecified atom stereocenters. The molecule has 0 aliphatic heterocycles. The van der Waals surface area contributed by atoms with Crippen LogP contribution in [0.1, 0.15) is 17.0 Å². The van der Waals surface area contributed by atoms with Crippen LogP contribution in [0.4, 0.5) is 5.13 Å². The van der Waals surface area contributed by atoms with Crippen LogP contribution in [0, 0.1) is 13.8 Å². The summed E-state index contributed by atoms with van der Waals surface area (Å²) in [7, 11) is 0. The topological polar surface area (TPSA) is 29.9 Å². The quantitative estimate of drug-likeness (QED) is 0.779. The average Bonchev–Trinajstić information content (AvgIpc) is 3.06. The van der Waals surface area contributed by atoms with Crippen LogP contribution in [0.25, 0.3) is 5.69 Å². The van der Waals surface area contributed by atoms with Gasteiger partial charge >= 0.3 is 0 Å². The van der Waals surface area contributed by atoms with Crippen molar-refractivity contribution in [1.29, 1.82) is 0 Å². The van der Waals surface area contributed by atoms with Crippen molar-refractivity contribution in [1.82, 2.24) is 9.55 Å². The van der Waals surface area contributed by atoms with E-state index in [0.717, 1.165) is 11.7 Å². The van der Waals surface area contributed by atoms with E-state index in [1.54, 1.807) is 11.3 Å². The van der Waals surface area contributed by atoms with Crippen LogP contribution in [-0.4, -0.2) is 9.55 Å². The first-order valence-electron chi connectivity index (χ1n) is 6.62. The van der Waals surface area contributed by atoms with Crippen molar-refractivity contribution < 1.29 is 0 Å².